The molecule has 29 heavy (non-hydrogen) atoms. The van der Waals surface area contributed by atoms with Gasteiger partial charge in [-0.25, -0.2) is 0 Å². The van der Waals surface area contributed by atoms with Crippen LogP contribution in [-0.4, -0.2) is 34.7 Å². The molecule has 1 aliphatic heterocycles. The zero-order valence-electron chi connectivity index (χ0n) is 17.4. The van der Waals surface area contributed by atoms with Crippen LogP contribution in [0.2, 0.25) is 0 Å². The molecule has 0 radical (unpaired) electrons. The number of nitrogens with zero attached hydrogens (tertiary/aromatic N) is 2. The molecule has 1 aromatic carbocycles. The molecule has 1 aromatic rings. The lowest BCUT2D eigenvalue weighted by Crippen LogP contribution is -2.41. The summed E-state index contributed by atoms with van der Waals surface area (Å²) in [6.07, 6.45) is 14.0. The van der Waals surface area contributed by atoms with Crippen LogP contribution in [0.25, 0.3) is 6.08 Å². The van der Waals surface area contributed by atoms with Gasteiger partial charge in [-0.05, 0) is 56.5 Å². The van der Waals surface area contributed by atoms with E-state index < -0.39 is 0 Å². The second-order valence-electron chi connectivity index (χ2n) is 8.25. The Morgan fingerprint density at radius 2 is 1.76 bits per heavy atom. The zero-order valence-corrected chi connectivity index (χ0v) is 18.3. The number of hydrogen-bond acceptors (Lipinski definition) is 4. The number of carbonyl (C=O) groups excluding carboxylic acids is 1. The van der Waals surface area contributed by atoms with Gasteiger partial charge >= 0.3 is 0 Å². The fraction of sp³-hybridized carbons (Fsp3) is 0.583. The minimum Gasteiger partial charge on any atom is -0.493 e. The molecule has 0 unspecified atom stereocenters. The summed E-state index contributed by atoms with van der Waals surface area (Å²) in [6.45, 7) is 2.60. The Hall–Kier alpha value is -1.75. The van der Waals surface area contributed by atoms with Crippen LogP contribution < -0.4 is 4.74 Å². The van der Waals surface area contributed by atoms with Crippen LogP contribution in [-0.2, 0) is 4.79 Å². The third-order valence-corrected chi connectivity index (χ3v) is 7.15. The molecule has 1 amide bonds. The maximum atomic E-state index is 13.4. The van der Waals surface area contributed by atoms with E-state index in [-0.39, 0.29) is 5.91 Å². The first-order chi connectivity index (χ1) is 14.3. The van der Waals surface area contributed by atoms with E-state index in [1.54, 1.807) is 11.8 Å². The van der Waals surface area contributed by atoms with Crippen molar-refractivity contribution in [2.75, 3.05) is 6.61 Å². The molecule has 156 valence electrons. The second kappa shape index (κ2) is 9.84. The Labute approximate surface area is 178 Å². The van der Waals surface area contributed by atoms with E-state index in [1.165, 1.54) is 38.5 Å². The first-order valence-electron chi connectivity index (χ1n) is 11.3. The Morgan fingerprint density at radius 1 is 1.07 bits per heavy atom. The summed E-state index contributed by atoms with van der Waals surface area (Å²) < 4.78 is 5.77. The molecule has 3 fully saturated rings. The van der Waals surface area contributed by atoms with Crippen molar-refractivity contribution in [2.45, 2.75) is 83.2 Å². The van der Waals surface area contributed by atoms with Crippen LogP contribution in [0.1, 0.15) is 76.7 Å². The van der Waals surface area contributed by atoms with E-state index in [9.17, 15) is 4.79 Å². The summed E-state index contributed by atoms with van der Waals surface area (Å²) in [7, 11) is 0. The first kappa shape index (κ1) is 20.5. The molecule has 1 heterocycles. The van der Waals surface area contributed by atoms with Gasteiger partial charge in [-0.15, -0.1) is 0 Å². The second-order valence-corrected chi connectivity index (χ2v) is 9.26. The first-order valence-corrected chi connectivity index (χ1v) is 12.1. The highest BCUT2D eigenvalue weighted by molar-refractivity contribution is 8.18. The lowest BCUT2D eigenvalue weighted by atomic mass is 9.94. The van der Waals surface area contributed by atoms with E-state index in [1.807, 2.05) is 42.2 Å². The quantitative estimate of drug-likeness (QED) is 0.555. The number of rotatable bonds is 5. The highest BCUT2D eigenvalue weighted by atomic mass is 32.2. The van der Waals surface area contributed by atoms with Gasteiger partial charge in [0.2, 0.25) is 0 Å². The normalized spacial score (nSPS) is 24.6. The number of amidine groups is 1. The number of ether oxygens (including phenoxy) is 1. The molecule has 0 N–H and O–H groups in total. The van der Waals surface area contributed by atoms with Gasteiger partial charge in [0.25, 0.3) is 5.91 Å². The predicted molar refractivity (Wildman–Crippen MR) is 121 cm³/mol. The van der Waals surface area contributed by atoms with Gasteiger partial charge in [-0.1, -0.05) is 56.7 Å². The molecular weight excluding hydrogens is 380 g/mol. The van der Waals surface area contributed by atoms with Crippen LogP contribution in [0, 0.1) is 0 Å². The SMILES string of the molecule is CCOc1ccccc1C=C1SC(=NC2CCCCC2)N(C2CCCCC2)C1=O. The van der Waals surface area contributed by atoms with Crippen LogP contribution in [0.5, 0.6) is 5.75 Å². The standard InChI is InChI=1S/C24H32N2O2S/c1-2-28-21-16-10-9-11-18(21)17-22-23(27)26(20-14-7-4-8-15-20)24(29-22)25-19-12-5-3-6-13-19/h9-11,16-17,19-20H,2-8,12-15H2,1H3. The summed E-state index contributed by atoms with van der Waals surface area (Å²) in [5.41, 5.74) is 0.965. The van der Waals surface area contributed by atoms with Gasteiger partial charge in [0, 0.05) is 11.6 Å². The number of carbonyl (C=O) groups is 1. The van der Waals surface area contributed by atoms with Crippen LogP contribution in [0.3, 0.4) is 0 Å². The summed E-state index contributed by atoms with van der Waals surface area (Å²) >= 11 is 1.57. The maximum absolute atomic E-state index is 13.4. The van der Waals surface area contributed by atoms with E-state index >= 15 is 0 Å². The number of amides is 1. The highest BCUT2D eigenvalue weighted by Gasteiger charge is 2.39. The summed E-state index contributed by atoms with van der Waals surface area (Å²) in [5, 5.41) is 0.939. The van der Waals surface area contributed by atoms with Gasteiger partial charge in [0.05, 0.1) is 17.6 Å². The number of benzene rings is 1. The fourth-order valence-corrected chi connectivity index (χ4v) is 5.73. The van der Waals surface area contributed by atoms with E-state index in [4.69, 9.17) is 9.73 Å². The largest absolute Gasteiger partial charge is 0.493 e. The van der Waals surface area contributed by atoms with Gasteiger partial charge in [-0.2, -0.15) is 0 Å². The Kier molecular flexibility index (Phi) is 6.96. The van der Waals surface area contributed by atoms with Crippen molar-refractivity contribution < 1.29 is 9.53 Å². The van der Waals surface area contributed by atoms with Crippen molar-refractivity contribution in [1.29, 1.82) is 0 Å². The molecule has 2 saturated carbocycles. The summed E-state index contributed by atoms with van der Waals surface area (Å²) in [5.74, 6) is 0.959. The summed E-state index contributed by atoms with van der Waals surface area (Å²) in [6, 6.07) is 8.64. The average molecular weight is 413 g/mol. The van der Waals surface area contributed by atoms with Gasteiger partial charge in [0.1, 0.15) is 5.75 Å². The van der Waals surface area contributed by atoms with Gasteiger partial charge < -0.3 is 4.74 Å². The molecule has 0 spiro atoms. The third-order valence-electron chi connectivity index (χ3n) is 6.15. The van der Waals surface area contributed by atoms with E-state index in [2.05, 4.69) is 0 Å². The minimum absolute atomic E-state index is 0.128. The molecule has 4 rings (SSSR count). The lowest BCUT2D eigenvalue weighted by molar-refractivity contribution is -0.124. The third kappa shape index (κ3) is 4.88. The van der Waals surface area contributed by atoms with Crippen molar-refractivity contribution in [3.05, 3.63) is 34.7 Å². The number of thioether (sulfide) groups is 1. The zero-order chi connectivity index (χ0) is 20.1. The molecule has 0 atom stereocenters. The molecule has 0 bridgehead atoms. The Bertz CT molecular complexity index is 777. The highest BCUT2D eigenvalue weighted by Crippen LogP contribution is 2.39. The van der Waals surface area contributed by atoms with E-state index in [0.29, 0.717) is 18.7 Å². The minimum atomic E-state index is 0.128. The Balaban J connectivity index is 1.64. The van der Waals surface area contributed by atoms with Crippen molar-refractivity contribution >= 4 is 28.9 Å². The number of aliphatic imine (C=N–C) groups is 1. The number of para-hydroxylation sites is 1. The smallest absolute Gasteiger partial charge is 0.267 e. The average Bonchev–Trinajstić information content (AvgIpc) is 3.05. The molecule has 5 heteroatoms. The molecule has 3 aliphatic rings. The lowest BCUT2D eigenvalue weighted by Gasteiger charge is -2.31. The van der Waals surface area contributed by atoms with Crippen molar-refractivity contribution in [3.8, 4) is 5.75 Å². The van der Waals surface area contributed by atoms with Crippen LogP contribution in [0.15, 0.2) is 34.2 Å². The molecule has 0 aromatic heterocycles. The van der Waals surface area contributed by atoms with Crippen molar-refractivity contribution in [3.63, 3.8) is 0 Å². The Morgan fingerprint density at radius 3 is 2.48 bits per heavy atom. The molecule has 2 aliphatic carbocycles. The number of hydrogen-bond donors (Lipinski definition) is 0. The van der Waals surface area contributed by atoms with Crippen LogP contribution in [0.4, 0.5) is 0 Å². The molecule has 1 saturated heterocycles. The topological polar surface area (TPSA) is 41.9 Å². The fourth-order valence-electron chi connectivity index (χ4n) is 4.63. The van der Waals surface area contributed by atoms with Crippen molar-refractivity contribution in [2.24, 2.45) is 4.99 Å². The van der Waals surface area contributed by atoms with Gasteiger partial charge in [-0.3, -0.25) is 14.7 Å². The maximum Gasteiger partial charge on any atom is 0.267 e. The van der Waals surface area contributed by atoms with E-state index in [0.717, 1.165) is 47.1 Å². The molecular formula is C24H32N2O2S. The van der Waals surface area contributed by atoms with Gasteiger partial charge in [0.15, 0.2) is 5.17 Å². The summed E-state index contributed by atoms with van der Waals surface area (Å²) in [4.78, 5) is 21.4. The predicted octanol–water partition coefficient (Wildman–Crippen LogP) is 6.02. The van der Waals surface area contributed by atoms with Crippen LogP contribution >= 0.6 is 11.8 Å². The van der Waals surface area contributed by atoms with Crippen molar-refractivity contribution in [1.82, 2.24) is 4.90 Å². The molecule has 4 nitrogen and oxygen atoms in total. The monoisotopic (exact) mass is 412 g/mol.